The molecule has 30 heavy (non-hydrogen) atoms. The zero-order valence-corrected chi connectivity index (χ0v) is 17.0. The minimum atomic E-state index is -0.722. The van der Waals surface area contributed by atoms with E-state index in [0.717, 1.165) is 10.5 Å². The van der Waals surface area contributed by atoms with Crippen molar-refractivity contribution in [3.8, 4) is 0 Å². The molecule has 0 radical (unpaired) electrons. The SMILES string of the molecule is CCOC(=O)c1ccccc1NC(=O)CN1C(=O)[C@H](C)N(c2ccc(C)cc2)C1=O. The second kappa shape index (κ2) is 8.77. The lowest BCUT2D eigenvalue weighted by atomic mass is 10.2. The molecule has 2 aromatic rings. The molecule has 1 fully saturated rings. The van der Waals surface area contributed by atoms with Gasteiger partial charge in [-0.25, -0.2) is 9.59 Å². The summed E-state index contributed by atoms with van der Waals surface area (Å²) >= 11 is 0. The minimum Gasteiger partial charge on any atom is -0.462 e. The number of carbonyl (C=O) groups is 4. The zero-order chi connectivity index (χ0) is 21.8. The summed E-state index contributed by atoms with van der Waals surface area (Å²) in [5.41, 5.74) is 2.06. The van der Waals surface area contributed by atoms with Crippen LogP contribution in [0.2, 0.25) is 0 Å². The molecule has 0 unspecified atom stereocenters. The molecule has 8 nitrogen and oxygen atoms in total. The number of para-hydroxylation sites is 1. The van der Waals surface area contributed by atoms with Crippen LogP contribution in [-0.4, -0.2) is 47.9 Å². The van der Waals surface area contributed by atoms with Crippen LogP contribution in [0, 0.1) is 6.92 Å². The zero-order valence-electron chi connectivity index (χ0n) is 17.0. The van der Waals surface area contributed by atoms with Crippen molar-refractivity contribution in [2.45, 2.75) is 26.8 Å². The summed E-state index contributed by atoms with van der Waals surface area (Å²) in [5, 5.41) is 2.59. The lowest BCUT2D eigenvalue weighted by Gasteiger charge is -2.19. The largest absolute Gasteiger partial charge is 0.462 e. The molecule has 2 aromatic carbocycles. The van der Waals surface area contributed by atoms with Crippen molar-refractivity contribution < 1.29 is 23.9 Å². The molecule has 0 bridgehead atoms. The number of hydrogen-bond donors (Lipinski definition) is 1. The Morgan fingerprint density at radius 3 is 2.40 bits per heavy atom. The quantitative estimate of drug-likeness (QED) is 0.585. The van der Waals surface area contributed by atoms with Gasteiger partial charge in [-0.2, -0.15) is 0 Å². The van der Waals surface area contributed by atoms with E-state index >= 15 is 0 Å². The lowest BCUT2D eigenvalue weighted by Crippen LogP contribution is -2.39. The molecule has 1 aliphatic rings. The third-order valence-corrected chi connectivity index (χ3v) is 4.76. The molecular weight excluding hydrogens is 386 g/mol. The van der Waals surface area contributed by atoms with Gasteiger partial charge in [-0.3, -0.25) is 19.4 Å². The molecule has 1 saturated heterocycles. The van der Waals surface area contributed by atoms with Crippen molar-refractivity contribution in [2.75, 3.05) is 23.4 Å². The third-order valence-electron chi connectivity index (χ3n) is 4.76. The van der Waals surface area contributed by atoms with E-state index in [4.69, 9.17) is 4.74 Å². The summed E-state index contributed by atoms with van der Waals surface area (Å²) in [5.74, 6) is -1.62. The predicted octanol–water partition coefficient (Wildman–Crippen LogP) is 2.97. The van der Waals surface area contributed by atoms with Crippen LogP contribution in [0.4, 0.5) is 16.2 Å². The number of aryl methyl sites for hydroxylation is 1. The molecule has 1 atom stereocenters. The first-order chi connectivity index (χ1) is 14.3. The van der Waals surface area contributed by atoms with E-state index in [-0.39, 0.29) is 17.9 Å². The van der Waals surface area contributed by atoms with Gasteiger partial charge in [0.2, 0.25) is 5.91 Å². The highest BCUT2D eigenvalue weighted by Gasteiger charge is 2.44. The van der Waals surface area contributed by atoms with Gasteiger partial charge in [-0.05, 0) is 45.0 Å². The van der Waals surface area contributed by atoms with Crippen LogP contribution in [0.15, 0.2) is 48.5 Å². The topological polar surface area (TPSA) is 96.0 Å². The summed E-state index contributed by atoms with van der Waals surface area (Å²) in [6.07, 6.45) is 0. The lowest BCUT2D eigenvalue weighted by molar-refractivity contribution is -0.130. The van der Waals surface area contributed by atoms with Crippen molar-refractivity contribution in [2.24, 2.45) is 0 Å². The molecule has 1 heterocycles. The molecule has 156 valence electrons. The number of urea groups is 1. The number of carbonyl (C=O) groups excluding carboxylic acids is 4. The van der Waals surface area contributed by atoms with Gasteiger partial charge < -0.3 is 10.1 Å². The fourth-order valence-electron chi connectivity index (χ4n) is 3.22. The Hall–Kier alpha value is -3.68. The van der Waals surface area contributed by atoms with E-state index < -0.39 is 36.4 Å². The molecule has 1 N–H and O–H groups in total. The van der Waals surface area contributed by atoms with Crippen molar-refractivity contribution in [1.82, 2.24) is 4.90 Å². The highest BCUT2D eigenvalue weighted by Crippen LogP contribution is 2.26. The first-order valence-electron chi connectivity index (χ1n) is 9.60. The van der Waals surface area contributed by atoms with E-state index in [9.17, 15) is 19.2 Å². The number of esters is 1. The Bertz CT molecular complexity index is 987. The van der Waals surface area contributed by atoms with E-state index in [1.165, 1.54) is 11.0 Å². The fourth-order valence-corrected chi connectivity index (χ4v) is 3.22. The Kier molecular flexibility index (Phi) is 6.15. The van der Waals surface area contributed by atoms with E-state index in [0.29, 0.717) is 5.69 Å². The van der Waals surface area contributed by atoms with Crippen LogP contribution >= 0.6 is 0 Å². The van der Waals surface area contributed by atoms with Crippen LogP contribution in [0.25, 0.3) is 0 Å². The van der Waals surface area contributed by atoms with Gasteiger partial charge in [0.25, 0.3) is 5.91 Å². The smallest absolute Gasteiger partial charge is 0.340 e. The Morgan fingerprint density at radius 1 is 1.07 bits per heavy atom. The first kappa shape index (κ1) is 21.0. The predicted molar refractivity (Wildman–Crippen MR) is 111 cm³/mol. The molecule has 0 spiro atoms. The number of anilines is 2. The number of nitrogens with zero attached hydrogens (tertiary/aromatic N) is 2. The van der Waals surface area contributed by atoms with E-state index in [2.05, 4.69) is 5.32 Å². The molecule has 4 amide bonds. The number of benzene rings is 2. The van der Waals surface area contributed by atoms with Gasteiger partial charge in [0.15, 0.2) is 0 Å². The van der Waals surface area contributed by atoms with Gasteiger partial charge in [-0.1, -0.05) is 29.8 Å². The Labute approximate surface area is 174 Å². The van der Waals surface area contributed by atoms with Crippen LogP contribution in [0.5, 0.6) is 0 Å². The number of hydrogen-bond acceptors (Lipinski definition) is 5. The number of amides is 4. The van der Waals surface area contributed by atoms with Crippen molar-refractivity contribution >= 4 is 35.2 Å². The monoisotopic (exact) mass is 409 g/mol. The molecule has 0 aliphatic carbocycles. The van der Waals surface area contributed by atoms with Crippen LogP contribution in [0.3, 0.4) is 0 Å². The average Bonchev–Trinajstić information content (AvgIpc) is 2.92. The van der Waals surface area contributed by atoms with Crippen molar-refractivity contribution in [1.29, 1.82) is 0 Å². The number of ether oxygens (including phenoxy) is 1. The molecule has 0 aromatic heterocycles. The maximum Gasteiger partial charge on any atom is 0.340 e. The minimum absolute atomic E-state index is 0.196. The third kappa shape index (κ3) is 4.17. The molecular formula is C22H23N3O5. The molecule has 0 saturated carbocycles. The second-order valence-corrected chi connectivity index (χ2v) is 6.90. The van der Waals surface area contributed by atoms with Crippen LogP contribution in [0.1, 0.15) is 29.8 Å². The average molecular weight is 409 g/mol. The highest BCUT2D eigenvalue weighted by molar-refractivity contribution is 6.16. The number of imide groups is 1. The van der Waals surface area contributed by atoms with Gasteiger partial charge in [0.05, 0.1) is 17.9 Å². The van der Waals surface area contributed by atoms with Gasteiger partial charge >= 0.3 is 12.0 Å². The fraction of sp³-hybridized carbons (Fsp3) is 0.273. The first-order valence-corrected chi connectivity index (χ1v) is 9.60. The molecule has 3 rings (SSSR count). The summed E-state index contributed by atoms with van der Waals surface area (Å²) < 4.78 is 4.99. The maximum atomic E-state index is 12.8. The van der Waals surface area contributed by atoms with Crippen molar-refractivity contribution in [3.05, 3.63) is 59.7 Å². The van der Waals surface area contributed by atoms with Crippen molar-refractivity contribution in [3.63, 3.8) is 0 Å². The summed E-state index contributed by atoms with van der Waals surface area (Å²) in [7, 11) is 0. The van der Waals surface area contributed by atoms with Gasteiger partial charge in [0, 0.05) is 5.69 Å². The summed E-state index contributed by atoms with van der Waals surface area (Å²) in [6, 6.07) is 12.3. The number of rotatable bonds is 6. The van der Waals surface area contributed by atoms with Crippen LogP contribution < -0.4 is 10.2 Å². The van der Waals surface area contributed by atoms with E-state index in [1.807, 2.05) is 19.1 Å². The Morgan fingerprint density at radius 2 is 1.73 bits per heavy atom. The molecule has 8 heteroatoms. The standard InChI is InChI=1S/C22H23N3O5/c1-4-30-21(28)17-7-5-6-8-18(17)23-19(26)13-24-20(27)15(3)25(22(24)29)16-11-9-14(2)10-12-16/h5-12,15H,4,13H2,1-3H3,(H,23,26)/t15-/m0/s1. The van der Waals surface area contributed by atoms with Gasteiger partial charge in [0.1, 0.15) is 12.6 Å². The Balaban J connectivity index is 1.74. The highest BCUT2D eigenvalue weighted by atomic mass is 16.5. The van der Waals surface area contributed by atoms with Gasteiger partial charge in [-0.15, -0.1) is 0 Å². The van der Waals surface area contributed by atoms with Crippen LogP contribution in [-0.2, 0) is 14.3 Å². The normalized spacial score (nSPS) is 16.0. The maximum absolute atomic E-state index is 12.8. The second-order valence-electron chi connectivity index (χ2n) is 6.90. The van der Waals surface area contributed by atoms with E-state index in [1.54, 1.807) is 44.2 Å². The summed E-state index contributed by atoms with van der Waals surface area (Å²) in [4.78, 5) is 52.4. The number of nitrogens with one attached hydrogen (secondary N) is 1. The summed E-state index contributed by atoms with van der Waals surface area (Å²) in [6.45, 7) is 4.97. The molecule has 1 aliphatic heterocycles.